The Labute approximate surface area is 101 Å². The molecule has 1 aromatic carbocycles. The number of rotatable bonds is 1. The maximum absolute atomic E-state index is 6.06. The van der Waals surface area contributed by atoms with Crippen molar-refractivity contribution in [3.63, 3.8) is 0 Å². The molecule has 80 valence electrons. The smallest absolute Gasteiger partial charge is 0.103 e. The summed E-state index contributed by atoms with van der Waals surface area (Å²) in [6.07, 6.45) is 6.03. The maximum Gasteiger partial charge on any atom is 0.103 e. The minimum atomic E-state index is -0.0394. The van der Waals surface area contributed by atoms with Gasteiger partial charge in [-0.2, -0.15) is 0 Å². The van der Waals surface area contributed by atoms with Gasteiger partial charge in [0.2, 0.25) is 0 Å². The fourth-order valence-electron chi connectivity index (χ4n) is 1.55. The number of allylic oxidation sites excluding steroid dienone is 2. The molecule has 1 atom stereocenters. The van der Waals surface area contributed by atoms with Crippen LogP contribution in [0.2, 0.25) is 0 Å². The minimum absolute atomic E-state index is 0. The van der Waals surface area contributed by atoms with Crippen LogP contribution in [0.25, 0.3) is 0 Å². The molecule has 0 saturated carbocycles. The molecule has 0 spiro atoms. The van der Waals surface area contributed by atoms with Crippen molar-refractivity contribution in [1.29, 1.82) is 0 Å². The molecule has 0 amide bonds. The van der Waals surface area contributed by atoms with Gasteiger partial charge in [-0.3, -0.25) is 0 Å². The number of anilines is 1. The van der Waals surface area contributed by atoms with E-state index in [-0.39, 0.29) is 23.1 Å². The first kappa shape index (κ1) is 12.0. The molecule has 0 aromatic heterocycles. The Bertz CT molecular complexity index is 370. The highest BCUT2D eigenvalue weighted by molar-refractivity contribution is 8.93. The van der Waals surface area contributed by atoms with Crippen molar-refractivity contribution in [3.8, 4) is 0 Å². The van der Waals surface area contributed by atoms with Gasteiger partial charge in [-0.1, -0.05) is 24.3 Å². The topological polar surface area (TPSA) is 29.3 Å². The van der Waals surface area contributed by atoms with Gasteiger partial charge >= 0.3 is 0 Å². The second kappa shape index (κ2) is 5.14. The van der Waals surface area contributed by atoms with Gasteiger partial charge in [-0.05, 0) is 30.7 Å². The summed E-state index contributed by atoms with van der Waals surface area (Å²) in [6.45, 7) is 2.05. The fraction of sp³-hybridized carbons (Fsp3) is 0.167. The zero-order valence-electron chi connectivity index (χ0n) is 8.63. The summed E-state index contributed by atoms with van der Waals surface area (Å²) in [4.78, 5) is 2.06. The molecule has 0 bridgehead atoms. The van der Waals surface area contributed by atoms with E-state index in [4.69, 9.17) is 5.73 Å². The molecule has 0 saturated heterocycles. The molecular weight excluding hydrogens is 252 g/mol. The maximum atomic E-state index is 6.06. The third-order valence-corrected chi connectivity index (χ3v) is 2.43. The summed E-state index contributed by atoms with van der Waals surface area (Å²) in [7, 11) is 0. The molecule has 1 aliphatic rings. The van der Waals surface area contributed by atoms with Crippen LogP contribution in [-0.4, -0.2) is 6.17 Å². The zero-order valence-corrected chi connectivity index (χ0v) is 10.3. The van der Waals surface area contributed by atoms with Crippen LogP contribution >= 0.6 is 17.0 Å². The molecule has 1 unspecified atom stereocenters. The molecule has 2 N–H and O–H groups in total. The summed E-state index contributed by atoms with van der Waals surface area (Å²) in [5.41, 5.74) is 8.37. The Balaban J connectivity index is 0.00000112. The predicted octanol–water partition coefficient (Wildman–Crippen LogP) is 2.83. The molecule has 2 rings (SSSR count). The second-order valence-corrected chi connectivity index (χ2v) is 3.44. The molecule has 1 aromatic rings. The minimum Gasteiger partial charge on any atom is -0.328 e. The van der Waals surface area contributed by atoms with Crippen LogP contribution in [0, 0.1) is 0 Å². The van der Waals surface area contributed by atoms with Crippen LogP contribution in [0.3, 0.4) is 0 Å². The van der Waals surface area contributed by atoms with Crippen molar-refractivity contribution >= 4 is 22.7 Å². The SMILES string of the molecule is Br.CC1=CC=CN(c2ccccc2)C1N. The van der Waals surface area contributed by atoms with Crippen molar-refractivity contribution in [2.24, 2.45) is 5.73 Å². The summed E-state index contributed by atoms with van der Waals surface area (Å²) in [5.74, 6) is 0. The summed E-state index contributed by atoms with van der Waals surface area (Å²) >= 11 is 0. The van der Waals surface area contributed by atoms with Crippen LogP contribution < -0.4 is 10.6 Å². The Morgan fingerprint density at radius 2 is 1.87 bits per heavy atom. The lowest BCUT2D eigenvalue weighted by Gasteiger charge is -2.30. The van der Waals surface area contributed by atoms with Crippen molar-refractivity contribution in [1.82, 2.24) is 0 Å². The fourth-order valence-corrected chi connectivity index (χ4v) is 1.55. The predicted molar refractivity (Wildman–Crippen MR) is 70.1 cm³/mol. The Morgan fingerprint density at radius 3 is 2.53 bits per heavy atom. The number of hydrogen-bond donors (Lipinski definition) is 1. The van der Waals surface area contributed by atoms with Gasteiger partial charge in [0.15, 0.2) is 0 Å². The van der Waals surface area contributed by atoms with Crippen LogP contribution in [0.4, 0.5) is 5.69 Å². The summed E-state index contributed by atoms with van der Waals surface area (Å²) in [5, 5.41) is 0. The number of hydrogen-bond acceptors (Lipinski definition) is 2. The molecule has 0 fully saturated rings. The number of para-hydroxylation sites is 1. The highest BCUT2D eigenvalue weighted by Gasteiger charge is 2.15. The third-order valence-electron chi connectivity index (χ3n) is 2.43. The standard InChI is InChI=1S/C12H14N2.BrH/c1-10-6-5-9-14(12(10)13)11-7-3-2-4-8-11;/h2-9,12H,13H2,1H3;1H. The van der Waals surface area contributed by atoms with Crippen LogP contribution in [0.15, 0.2) is 54.3 Å². The number of nitrogens with two attached hydrogens (primary N) is 1. The van der Waals surface area contributed by atoms with Gasteiger partial charge in [0.1, 0.15) is 6.17 Å². The molecule has 15 heavy (non-hydrogen) atoms. The highest BCUT2D eigenvalue weighted by Crippen LogP contribution is 2.20. The van der Waals surface area contributed by atoms with E-state index < -0.39 is 0 Å². The molecule has 3 heteroatoms. The molecule has 1 aliphatic heterocycles. The Morgan fingerprint density at radius 1 is 1.20 bits per heavy atom. The van der Waals surface area contributed by atoms with E-state index >= 15 is 0 Å². The van der Waals surface area contributed by atoms with Crippen molar-refractivity contribution < 1.29 is 0 Å². The van der Waals surface area contributed by atoms with E-state index in [1.165, 1.54) is 5.57 Å². The second-order valence-electron chi connectivity index (χ2n) is 3.44. The monoisotopic (exact) mass is 266 g/mol. The average molecular weight is 267 g/mol. The first-order valence-corrected chi connectivity index (χ1v) is 4.73. The van der Waals surface area contributed by atoms with Gasteiger partial charge in [-0.15, -0.1) is 17.0 Å². The molecular formula is C12H15BrN2. The van der Waals surface area contributed by atoms with Crippen molar-refractivity contribution in [2.45, 2.75) is 13.1 Å². The molecule has 2 nitrogen and oxygen atoms in total. The van der Waals surface area contributed by atoms with E-state index in [1.54, 1.807) is 0 Å². The van der Waals surface area contributed by atoms with E-state index in [0.29, 0.717) is 0 Å². The van der Waals surface area contributed by atoms with Crippen LogP contribution in [0.5, 0.6) is 0 Å². The Hall–Kier alpha value is -1.06. The van der Waals surface area contributed by atoms with Crippen molar-refractivity contribution in [2.75, 3.05) is 4.90 Å². The van der Waals surface area contributed by atoms with Gasteiger partial charge in [0, 0.05) is 11.9 Å². The summed E-state index contributed by atoms with van der Waals surface area (Å²) in [6, 6.07) is 10.2. The molecule has 1 heterocycles. The lowest BCUT2D eigenvalue weighted by Crippen LogP contribution is -2.40. The van der Waals surface area contributed by atoms with E-state index in [0.717, 1.165) is 5.69 Å². The van der Waals surface area contributed by atoms with E-state index in [9.17, 15) is 0 Å². The normalized spacial score (nSPS) is 19.5. The van der Waals surface area contributed by atoms with E-state index in [1.807, 2.05) is 43.5 Å². The van der Waals surface area contributed by atoms with Gasteiger partial charge < -0.3 is 10.6 Å². The van der Waals surface area contributed by atoms with E-state index in [2.05, 4.69) is 17.0 Å². The summed E-state index contributed by atoms with van der Waals surface area (Å²) < 4.78 is 0. The molecule has 0 radical (unpaired) electrons. The highest BCUT2D eigenvalue weighted by atomic mass is 79.9. The first-order chi connectivity index (χ1) is 6.79. The molecule has 0 aliphatic carbocycles. The quantitative estimate of drug-likeness (QED) is 0.847. The number of benzene rings is 1. The van der Waals surface area contributed by atoms with Crippen LogP contribution in [0.1, 0.15) is 6.92 Å². The largest absolute Gasteiger partial charge is 0.328 e. The van der Waals surface area contributed by atoms with Crippen LogP contribution in [-0.2, 0) is 0 Å². The lowest BCUT2D eigenvalue weighted by molar-refractivity contribution is 0.762. The van der Waals surface area contributed by atoms with Gasteiger partial charge in [0.25, 0.3) is 0 Å². The Kier molecular flexibility index (Phi) is 4.12. The number of nitrogens with zero attached hydrogens (tertiary/aromatic N) is 1. The zero-order chi connectivity index (χ0) is 9.97. The first-order valence-electron chi connectivity index (χ1n) is 4.73. The third kappa shape index (κ3) is 2.49. The lowest BCUT2D eigenvalue weighted by atomic mass is 10.1. The number of halogens is 1. The van der Waals surface area contributed by atoms with Gasteiger partial charge in [-0.25, -0.2) is 0 Å². The van der Waals surface area contributed by atoms with Crippen molar-refractivity contribution in [3.05, 3.63) is 54.3 Å². The van der Waals surface area contributed by atoms with Gasteiger partial charge in [0.05, 0.1) is 0 Å². The average Bonchev–Trinajstić information content (AvgIpc) is 2.23.